The molecule has 0 saturated heterocycles. The number of fused-ring (bicyclic) bond motifs is 1. The van der Waals surface area contributed by atoms with Gasteiger partial charge in [0.2, 0.25) is 0 Å². The van der Waals surface area contributed by atoms with Gasteiger partial charge in [0.05, 0.1) is 34.4 Å². The standard InChI is InChI=1S/C12H9F3OS.C9H3F7O.C3H6O2S/c1-6-9-4-3-8(12(13,14)15)5-10(9)17-11(6)7(2)16;10-6-3-4(8(11,12)13)1-2-5(6)7(17)9(14,15)16;1-5-3(4)2-6/h3-5H,1-2H3;1-3H;6H,2H2,1H3. The predicted molar refractivity (Wildman–Crippen MR) is 129 cm³/mol. The van der Waals surface area contributed by atoms with Crippen molar-refractivity contribution in [3.63, 3.8) is 0 Å². The first kappa shape index (κ1) is 34.9. The number of benzene rings is 2. The van der Waals surface area contributed by atoms with E-state index in [9.17, 15) is 58.3 Å². The van der Waals surface area contributed by atoms with Gasteiger partial charge < -0.3 is 4.74 Å². The number of esters is 1. The van der Waals surface area contributed by atoms with Gasteiger partial charge in [0.25, 0.3) is 5.78 Å². The quantitative estimate of drug-likeness (QED) is 0.139. The molecule has 16 heteroatoms. The summed E-state index contributed by atoms with van der Waals surface area (Å²) in [5.41, 5.74) is -2.83. The molecule has 0 amide bonds. The van der Waals surface area contributed by atoms with Gasteiger partial charge in [-0.25, -0.2) is 4.39 Å². The van der Waals surface area contributed by atoms with Crippen LogP contribution in [-0.2, 0) is 21.9 Å². The van der Waals surface area contributed by atoms with Gasteiger partial charge in [-0.15, -0.1) is 11.3 Å². The lowest BCUT2D eigenvalue weighted by molar-refractivity contribution is -0.138. The van der Waals surface area contributed by atoms with Crippen molar-refractivity contribution >= 4 is 51.6 Å². The van der Waals surface area contributed by atoms with Gasteiger partial charge in [0.15, 0.2) is 5.78 Å². The van der Waals surface area contributed by atoms with Gasteiger partial charge in [0.1, 0.15) is 5.82 Å². The molecule has 220 valence electrons. The molecular formula is C24H18F10O4S2. The summed E-state index contributed by atoms with van der Waals surface area (Å²) in [7, 11) is 1.33. The highest BCUT2D eigenvalue weighted by Gasteiger charge is 2.41. The van der Waals surface area contributed by atoms with Gasteiger partial charge in [0, 0.05) is 4.70 Å². The van der Waals surface area contributed by atoms with Crippen molar-refractivity contribution in [3.8, 4) is 0 Å². The molecule has 0 saturated carbocycles. The van der Waals surface area contributed by atoms with E-state index in [0.29, 0.717) is 15.0 Å². The first-order valence-electron chi connectivity index (χ1n) is 10.4. The minimum Gasteiger partial charge on any atom is -0.468 e. The Morgan fingerprint density at radius 2 is 1.38 bits per heavy atom. The third-order valence-electron chi connectivity index (χ3n) is 4.74. The monoisotopic (exact) mass is 624 g/mol. The summed E-state index contributed by atoms with van der Waals surface area (Å²) < 4.78 is 127. The lowest BCUT2D eigenvalue weighted by Gasteiger charge is -2.09. The SMILES string of the molecule is CC(=O)c1sc2cc(C(F)(F)F)ccc2c1C.COC(=O)CS.O=C(c1ccc(C(F)(F)F)cc1F)C(F)(F)F. The molecule has 0 radical (unpaired) electrons. The second kappa shape index (κ2) is 13.5. The highest BCUT2D eigenvalue weighted by molar-refractivity contribution is 7.81. The van der Waals surface area contributed by atoms with Crippen LogP contribution in [0, 0.1) is 12.7 Å². The minimum atomic E-state index is -5.33. The normalized spacial score (nSPS) is 11.7. The molecule has 0 aliphatic carbocycles. The van der Waals surface area contributed by atoms with Gasteiger partial charge in [-0.2, -0.15) is 52.1 Å². The number of rotatable bonds is 3. The van der Waals surface area contributed by atoms with Crippen LogP contribution in [0.3, 0.4) is 0 Å². The summed E-state index contributed by atoms with van der Waals surface area (Å²) in [5, 5.41) is 0.716. The predicted octanol–water partition coefficient (Wildman–Crippen LogP) is 8.11. The van der Waals surface area contributed by atoms with E-state index in [1.165, 1.54) is 20.1 Å². The molecule has 0 fully saturated rings. The Kier molecular flexibility index (Phi) is 11.8. The third-order valence-corrected chi connectivity index (χ3v) is 6.35. The number of carbonyl (C=O) groups excluding carboxylic acids is 3. The molecule has 0 N–H and O–H groups in total. The number of ether oxygens (including phenoxy) is 1. The summed E-state index contributed by atoms with van der Waals surface area (Å²) in [4.78, 5) is 32.3. The Hall–Kier alpha value is -3.14. The minimum absolute atomic E-state index is 0.114. The van der Waals surface area contributed by atoms with E-state index >= 15 is 0 Å². The number of hydrogen-bond donors (Lipinski definition) is 1. The zero-order chi connectivity index (χ0) is 31.2. The zero-order valence-corrected chi connectivity index (χ0v) is 22.2. The Balaban J connectivity index is 0.000000334. The molecule has 1 aromatic heterocycles. The van der Waals surface area contributed by atoms with Crippen LogP contribution in [-0.4, -0.2) is 36.6 Å². The fourth-order valence-corrected chi connectivity index (χ4v) is 4.10. The van der Waals surface area contributed by atoms with E-state index in [0.717, 1.165) is 29.0 Å². The molecule has 2 aromatic carbocycles. The maximum atomic E-state index is 12.9. The summed E-state index contributed by atoms with van der Waals surface area (Å²) in [6.07, 6.45) is -14.6. The molecule has 0 aliphatic heterocycles. The van der Waals surface area contributed by atoms with Gasteiger partial charge >= 0.3 is 24.5 Å². The topological polar surface area (TPSA) is 60.4 Å². The van der Waals surface area contributed by atoms with Crippen LogP contribution in [0.1, 0.15) is 43.6 Å². The lowest BCUT2D eigenvalue weighted by Crippen LogP contribution is -2.24. The first-order chi connectivity index (χ1) is 18.1. The van der Waals surface area contributed by atoms with E-state index < -0.39 is 46.8 Å². The van der Waals surface area contributed by atoms with Crippen LogP contribution in [0.2, 0.25) is 0 Å². The number of hydrogen-bond acceptors (Lipinski definition) is 6. The van der Waals surface area contributed by atoms with Crippen LogP contribution < -0.4 is 0 Å². The molecule has 3 aromatic rings. The number of Topliss-reactive ketones (excluding diaryl/α,β-unsaturated/α-hetero) is 2. The maximum Gasteiger partial charge on any atom is 0.454 e. The van der Waals surface area contributed by atoms with Crippen molar-refractivity contribution in [3.05, 3.63) is 69.3 Å². The first-order valence-corrected chi connectivity index (χ1v) is 11.9. The lowest BCUT2D eigenvalue weighted by atomic mass is 10.1. The number of ketones is 2. The van der Waals surface area contributed by atoms with E-state index in [4.69, 9.17) is 0 Å². The molecule has 3 rings (SSSR count). The van der Waals surface area contributed by atoms with Crippen LogP contribution in [0.5, 0.6) is 0 Å². The fourth-order valence-electron chi connectivity index (χ4n) is 2.83. The fraction of sp³-hybridized carbons (Fsp3) is 0.292. The largest absolute Gasteiger partial charge is 0.468 e. The number of thiol groups is 1. The molecular weight excluding hydrogens is 606 g/mol. The summed E-state index contributed by atoms with van der Waals surface area (Å²) in [6.45, 7) is 3.17. The molecule has 0 bridgehead atoms. The molecule has 0 unspecified atom stereocenters. The number of methoxy groups -OCH3 is 1. The van der Waals surface area contributed by atoms with Crippen molar-refractivity contribution in [1.29, 1.82) is 0 Å². The molecule has 0 aliphatic rings. The average Bonchev–Trinajstić information content (AvgIpc) is 3.18. The molecule has 0 atom stereocenters. The molecule has 40 heavy (non-hydrogen) atoms. The second-order valence-corrected chi connectivity index (χ2v) is 8.94. The smallest absolute Gasteiger partial charge is 0.454 e. The van der Waals surface area contributed by atoms with Gasteiger partial charge in [-0.05, 0) is 55.1 Å². The zero-order valence-electron chi connectivity index (χ0n) is 20.4. The summed E-state index contributed by atoms with van der Waals surface area (Å²) >= 11 is 4.73. The number of carbonyl (C=O) groups is 3. The molecule has 1 heterocycles. The molecule has 0 spiro atoms. The van der Waals surface area contributed by atoms with Gasteiger partial charge in [-0.1, -0.05) is 6.07 Å². The van der Waals surface area contributed by atoms with Crippen LogP contribution in [0.15, 0.2) is 36.4 Å². The third kappa shape index (κ3) is 9.50. The van der Waals surface area contributed by atoms with Crippen molar-refractivity contribution in [2.24, 2.45) is 0 Å². The van der Waals surface area contributed by atoms with E-state index in [1.54, 1.807) is 6.92 Å². The van der Waals surface area contributed by atoms with Crippen LogP contribution >= 0.6 is 24.0 Å². The molecule has 4 nitrogen and oxygen atoms in total. The van der Waals surface area contributed by atoms with Crippen molar-refractivity contribution in [2.45, 2.75) is 32.4 Å². The second-order valence-electron chi connectivity index (χ2n) is 7.57. The highest BCUT2D eigenvalue weighted by Crippen LogP contribution is 2.37. The Morgan fingerprint density at radius 3 is 1.75 bits per heavy atom. The van der Waals surface area contributed by atoms with Crippen LogP contribution in [0.25, 0.3) is 10.1 Å². The Bertz CT molecular complexity index is 1370. The maximum absolute atomic E-state index is 12.9. The van der Waals surface area contributed by atoms with Crippen molar-refractivity contribution < 1.29 is 63.0 Å². The summed E-state index contributed by atoms with van der Waals surface area (Å²) in [5.74, 6) is -4.63. The number of thiophene rings is 1. The average molecular weight is 625 g/mol. The van der Waals surface area contributed by atoms with Crippen molar-refractivity contribution in [1.82, 2.24) is 0 Å². The van der Waals surface area contributed by atoms with E-state index in [2.05, 4.69) is 17.4 Å². The Labute approximate surface area is 229 Å². The van der Waals surface area contributed by atoms with Crippen molar-refractivity contribution in [2.75, 3.05) is 12.9 Å². The number of aryl methyl sites for hydroxylation is 1. The summed E-state index contributed by atoms with van der Waals surface area (Å²) in [6, 6.07) is 3.79. The Morgan fingerprint density at radius 1 is 0.875 bits per heavy atom. The van der Waals surface area contributed by atoms with Crippen LogP contribution in [0.4, 0.5) is 43.9 Å². The highest BCUT2D eigenvalue weighted by atomic mass is 32.1. The number of halogens is 10. The van der Waals surface area contributed by atoms with E-state index in [-0.39, 0.29) is 35.7 Å². The van der Waals surface area contributed by atoms with E-state index in [1.807, 2.05) is 0 Å². The van der Waals surface area contributed by atoms with Gasteiger partial charge in [-0.3, -0.25) is 14.4 Å². The number of alkyl halides is 9.